The van der Waals surface area contributed by atoms with E-state index in [2.05, 4.69) is 11.0 Å². The smallest absolute Gasteiger partial charge is 0.410 e. The average molecular weight is 475 g/mol. The second-order valence-corrected chi connectivity index (χ2v) is 9.54. The van der Waals surface area contributed by atoms with Gasteiger partial charge in [0.25, 0.3) is 0 Å². The minimum atomic E-state index is -0.329. The second kappa shape index (κ2) is 13.2. The van der Waals surface area contributed by atoms with Gasteiger partial charge in [-0.2, -0.15) is 0 Å². The molecule has 0 saturated carbocycles. The van der Waals surface area contributed by atoms with Gasteiger partial charge in [0.15, 0.2) is 0 Å². The van der Waals surface area contributed by atoms with Crippen LogP contribution < -0.4 is 4.74 Å². The van der Waals surface area contributed by atoms with Crippen LogP contribution in [0.15, 0.2) is 59.3 Å². The first-order valence-electron chi connectivity index (χ1n) is 10.5. The number of carbonyl (C=O) groups is 1. The summed E-state index contributed by atoms with van der Waals surface area (Å²) < 4.78 is 16.8. The first kappa shape index (κ1) is 24.3. The molecule has 32 heavy (non-hydrogen) atoms. The summed E-state index contributed by atoms with van der Waals surface area (Å²) in [6, 6.07) is 16.1. The number of thiophene rings is 2. The van der Waals surface area contributed by atoms with Crippen LogP contribution in [0.25, 0.3) is 0 Å². The molecule has 172 valence electrons. The van der Waals surface area contributed by atoms with E-state index < -0.39 is 0 Å². The molecule has 1 amide bonds. The Balaban J connectivity index is 1.34. The number of carbonyl (C=O) groups excluding carboxylic acids is 1. The van der Waals surface area contributed by atoms with Gasteiger partial charge in [-0.15, -0.1) is 22.7 Å². The molecule has 3 aromatic rings. The molecule has 0 bridgehead atoms. The second-order valence-electron chi connectivity index (χ2n) is 7.48. The summed E-state index contributed by atoms with van der Waals surface area (Å²) in [6.45, 7) is 3.37. The maximum absolute atomic E-state index is 12.6. The molecular weight excluding hydrogens is 444 g/mol. The number of ether oxygens (including phenoxy) is 3. The molecule has 3 rings (SSSR count). The maximum atomic E-state index is 12.6. The summed E-state index contributed by atoms with van der Waals surface area (Å²) in [5.41, 5.74) is 1.20. The van der Waals surface area contributed by atoms with Crippen LogP contribution in [0.3, 0.4) is 0 Å². The highest BCUT2D eigenvalue weighted by Crippen LogP contribution is 2.18. The zero-order valence-corrected chi connectivity index (χ0v) is 20.2. The molecule has 0 spiro atoms. The Morgan fingerprint density at radius 1 is 0.844 bits per heavy atom. The van der Waals surface area contributed by atoms with E-state index in [0.29, 0.717) is 32.9 Å². The molecule has 6 nitrogen and oxygen atoms in total. The van der Waals surface area contributed by atoms with Gasteiger partial charge in [-0.3, -0.25) is 4.90 Å². The van der Waals surface area contributed by atoms with Crippen molar-refractivity contribution in [3.8, 4) is 5.75 Å². The van der Waals surface area contributed by atoms with E-state index in [1.807, 2.05) is 67.3 Å². The van der Waals surface area contributed by atoms with Crippen molar-refractivity contribution in [1.29, 1.82) is 0 Å². The molecule has 0 radical (unpaired) electrons. The van der Waals surface area contributed by atoms with Crippen LogP contribution >= 0.6 is 22.7 Å². The average Bonchev–Trinajstić information content (AvgIpc) is 3.46. The van der Waals surface area contributed by atoms with Gasteiger partial charge in [0, 0.05) is 16.3 Å². The first-order chi connectivity index (χ1) is 15.6. The van der Waals surface area contributed by atoms with Gasteiger partial charge >= 0.3 is 6.09 Å². The highest BCUT2D eigenvalue weighted by molar-refractivity contribution is 7.10. The maximum Gasteiger partial charge on any atom is 0.410 e. The summed E-state index contributed by atoms with van der Waals surface area (Å²) in [5.74, 6) is 0.831. The van der Waals surface area contributed by atoms with Gasteiger partial charge in [-0.25, -0.2) is 4.79 Å². The van der Waals surface area contributed by atoms with E-state index in [-0.39, 0.29) is 12.7 Å². The highest BCUT2D eigenvalue weighted by Gasteiger charge is 2.17. The number of rotatable bonds is 13. The third kappa shape index (κ3) is 8.63. The predicted molar refractivity (Wildman–Crippen MR) is 129 cm³/mol. The molecule has 0 aliphatic heterocycles. The fourth-order valence-corrected chi connectivity index (χ4v) is 4.50. The van der Waals surface area contributed by atoms with E-state index in [1.54, 1.807) is 27.6 Å². The van der Waals surface area contributed by atoms with Gasteiger partial charge in [-0.05, 0) is 54.7 Å². The minimum Gasteiger partial charge on any atom is -0.491 e. The molecule has 0 N–H and O–H groups in total. The van der Waals surface area contributed by atoms with E-state index in [1.165, 1.54) is 5.56 Å². The Morgan fingerprint density at radius 3 is 2.16 bits per heavy atom. The molecule has 0 aliphatic carbocycles. The molecule has 0 unspecified atom stereocenters. The zero-order chi connectivity index (χ0) is 22.6. The molecule has 2 aromatic heterocycles. The van der Waals surface area contributed by atoms with E-state index in [9.17, 15) is 4.79 Å². The zero-order valence-electron chi connectivity index (χ0n) is 18.6. The Hall–Kier alpha value is -2.39. The molecular formula is C24H30N2O4S2. The van der Waals surface area contributed by atoms with Crippen LogP contribution in [-0.2, 0) is 29.1 Å². The van der Waals surface area contributed by atoms with Crippen LogP contribution in [0.4, 0.5) is 4.79 Å². The van der Waals surface area contributed by atoms with Crippen molar-refractivity contribution in [3.05, 3.63) is 74.6 Å². The molecule has 1 aromatic carbocycles. The molecule has 0 atom stereocenters. The van der Waals surface area contributed by atoms with Crippen LogP contribution in [-0.4, -0.2) is 56.4 Å². The lowest BCUT2D eigenvalue weighted by Gasteiger charge is -2.21. The van der Waals surface area contributed by atoms with Crippen molar-refractivity contribution < 1.29 is 19.0 Å². The third-order valence-electron chi connectivity index (χ3n) is 4.46. The lowest BCUT2D eigenvalue weighted by molar-refractivity contribution is 0.0429. The van der Waals surface area contributed by atoms with E-state index in [0.717, 1.165) is 22.0 Å². The monoisotopic (exact) mass is 474 g/mol. The van der Waals surface area contributed by atoms with Crippen LogP contribution in [0, 0.1) is 0 Å². The van der Waals surface area contributed by atoms with Gasteiger partial charge < -0.3 is 19.1 Å². The summed E-state index contributed by atoms with van der Waals surface area (Å²) in [7, 11) is 4.08. The number of benzene rings is 1. The summed E-state index contributed by atoms with van der Waals surface area (Å²) in [5, 5.41) is 4.02. The van der Waals surface area contributed by atoms with Gasteiger partial charge in [0.1, 0.15) is 19.0 Å². The number of hydrogen-bond acceptors (Lipinski definition) is 7. The fraction of sp³-hybridized carbons (Fsp3) is 0.375. The lowest BCUT2D eigenvalue weighted by atomic mass is 10.2. The van der Waals surface area contributed by atoms with Crippen molar-refractivity contribution in [1.82, 2.24) is 9.80 Å². The molecule has 2 heterocycles. The third-order valence-corrected chi connectivity index (χ3v) is 6.18. The van der Waals surface area contributed by atoms with Gasteiger partial charge in [0.05, 0.1) is 26.3 Å². The van der Waals surface area contributed by atoms with Crippen molar-refractivity contribution in [2.75, 3.05) is 40.5 Å². The summed E-state index contributed by atoms with van der Waals surface area (Å²) in [6.07, 6.45) is -0.329. The van der Waals surface area contributed by atoms with Crippen molar-refractivity contribution in [2.45, 2.75) is 19.6 Å². The SMILES string of the molecule is CN(C)Cc1cccc(OCCOCCOC(=O)N(Cc2cccs2)Cc2cccs2)c1. The molecule has 0 fully saturated rings. The molecule has 0 saturated heterocycles. The Morgan fingerprint density at radius 2 is 1.53 bits per heavy atom. The number of amides is 1. The van der Waals surface area contributed by atoms with E-state index >= 15 is 0 Å². The predicted octanol–water partition coefficient (Wildman–Crippen LogP) is 5.11. The normalized spacial score (nSPS) is 11.0. The Labute approximate surface area is 197 Å². The lowest BCUT2D eigenvalue weighted by Crippen LogP contribution is -2.31. The molecule has 0 aliphatic rings. The summed E-state index contributed by atoms with van der Waals surface area (Å²) in [4.78, 5) is 18.7. The minimum absolute atomic E-state index is 0.211. The first-order valence-corrected chi connectivity index (χ1v) is 12.3. The Kier molecular flexibility index (Phi) is 10.0. The topological polar surface area (TPSA) is 51.2 Å². The quantitative estimate of drug-likeness (QED) is 0.323. The number of hydrogen-bond donors (Lipinski definition) is 0. The molecule has 8 heteroatoms. The summed E-state index contributed by atoms with van der Waals surface area (Å²) >= 11 is 3.27. The number of nitrogens with zero attached hydrogens (tertiary/aromatic N) is 2. The van der Waals surface area contributed by atoms with Gasteiger partial charge in [0.2, 0.25) is 0 Å². The van der Waals surface area contributed by atoms with Crippen molar-refractivity contribution in [2.24, 2.45) is 0 Å². The van der Waals surface area contributed by atoms with Gasteiger partial charge in [-0.1, -0.05) is 24.3 Å². The van der Waals surface area contributed by atoms with Crippen molar-refractivity contribution >= 4 is 28.8 Å². The van der Waals surface area contributed by atoms with Crippen LogP contribution in [0.2, 0.25) is 0 Å². The Bertz CT molecular complexity index is 878. The standard InChI is InChI=1S/C24H30N2O4S2/c1-25(2)17-20-6-3-7-21(16-20)29-12-10-28-11-13-30-24(27)26(18-22-8-4-14-31-22)19-23-9-5-15-32-23/h3-9,14-16H,10-13,17-19H2,1-2H3. The largest absolute Gasteiger partial charge is 0.491 e. The van der Waals surface area contributed by atoms with E-state index in [4.69, 9.17) is 14.2 Å². The highest BCUT2D eigenvalue weighted by atomic mass is 32.1. The van der Waals surface area contributed by atoms with Crippen molar-refractivity contribution in [3.63, 3.8) is 0 Å². The fourth-order valence-electron chi connectivity index (χ4n) is 3.06. The van der Waals surface area contributed by atoms with Crippen LogP contribution in [0.5, 0.6) is 5.75 Å². The van der Waals surface area contributed by atoms with Crippen LogP contribution in [0.1, 0.15) is 15.3 Å².